The van der Waals surface area contributed by atoms with Crippen molar-refractivity contribution >= 4 is 0 Å². The SMILES string of the molecule is CC1OCOC1(C)CCC1(C)OCOC1(C)C. The summed E-state index contributed by atoms with van der Waals surface area (Å²) in [6.07, 6.45) is 1.96. The Bertz CT molecular complexity index is 291. The van der Waals surface area contributed by atoms with Gasteiger partial charge in [-0.3, -0.25) is 0 Å². The smallest absolute Gasteiger partial charge is 0.148 e. The molecule has 0 amide bonds. The normalized spacial score (nSPS) is 45.4. The molecule has 0 aliphatic carbocycles. The highest BCUT2D eigenvalue weighted by molar-refractivity contribution is 4.98. The second kappa shape index (κ2) is 4.19. The van der Waals surface area contributed by atoms with E-state index in [1.807, 2.05) is 0 Å². The van der Waals surface area contributed by atoms with Crippen LogP contribution in [0.2, 0.25) is 0 Å². The number of rotatable bonds is 3. The summed E-state index contributed by atoms with van der Waals surface area (Å²) in [4.78, 5) is 0. The van der Waals surface area contributed by atoms with Crippen LogP contribution in [0.15, 0.2) is 0 Å². The molecule has 0 N–H and O–H groups in total. The van der Waals surface area contributed by atoms with Crippen molar-refractivity contribution in [3.05, 3.63) is 0 Å². The van der Waals surface area contributed by atoms with Gasteiger partial charge in [0.2, 0.25) is 0 Å². The largest absolute Gasteiger partial charge is 0.349 e. The van der Waals surface area contributed by atoms with E-state index in [1.54, 1.807) is 0 Å². The van der Waals surface area contributed by atoms with Crippen LogP contribution in [0.3, 0.4) is 0 Å². The number of hydrogen-bond donors (Lipinski definition) is 0. The van der Waals surface area contributed by atoms with Crippen molar-refractivity contribution in [3.63, 3.8) is 0 Å². The fraction of sp³-hybridized carbons (Fsp3) is 1.00. The van der Waals surface area contributed by atoms with Crippen LogP contribution in [0.1, 0.15) is 47.5 Å². The lowest BCUT2D eigenvalue weighted by atomic mass is 9.80. The molecule has 2 aliphatic heterocycles. The van der Waals surface area contributed by atoms with E-state index in [9.17, 15) is 0 Å². The molecule has 4 nitrogen and oxygen atoms in total. The Morgan fingerprint density at radius 3 is 2.12 bits per heavy atom. The fourth-order valence-electron chi connectivity index (χ4n) is 2.33. The minimum Gasteiger partial charge on any atom is -0.349 e. The fourth-order valence-corrected chi connectivity index (χ4v) is 2.33. The molecule has 3 atom stereocenters. The van der Waals surface area contributed by atoms with Gasteiger partial charge in [-0.15, -0.1) is 0 Å². The predicted molar refractivity (Wildman–Crippen MR) is 63.7 cm³/mol. The maximum absolute atomic E-state index is 5.78. The third-order valence-electron chi connectivity index (χ3n) is 4.74. The molecule has 0 aromatic carbocycles. The molecule has 2 saturated heterocycles. The summed E-state index contributed by atoms with van der Waals surface area (Å²) in [6.45, 7) is 11.2. The Morgan fingerprint density at radius 2 is 1.65 bits per heavy atom. The van der Waals surface area contributed by atoms with Crippen LogP contribution >= 0.6 is 0 Å². The summed E-state index contributed by atoms with van der Waals surface area (Å²) in [5.74, 6) is 0. The van der Waals surface area contributed by atoms with Crippen molar-refractivity contribution in [2.24, 2.45) is 0 Å². The zero-order valence-corrected chi connectivity index (χ0v) is 11.5. The third kappa shape index (κ3) is 2.24. The molecule has 0 spiro atoms. The van der Waals surface area contributed by atoms with Crippen LogP contribution in [0, 0.1) is 0 Å². The van der Waals surface area contributed by atoms with Crippen molar-refractivity contribution in [1.29, 1.82) is 0 Å². The minimum absolute atomic E-state index is 0.136. The molecule has 100 valence electrons. The van der Waals surface area contributed by atoms with Crippen LogP contribution < -0.4 is 0 Å². The molecule has 2 aliphatic rings. The Balaban J connectivity index is 1.98. The van der Waals surface area contributed by atoms with Crippen molar-refractivity contribution < 1.29 is 18.9 Å². The van der Waals surface area contributed by atoms with Crippen molar-refractivity contribution in [3.8, 4) is 0 Å². The van der Waals surface area contributed by atoms with Gasteiger partial charge in [-0.2, -0.15) is 0 Å². The summed E-state index contributed by atoms with van der Waals surface area (Å²) in [7, 11) is 0. The first-order valence-electron chi connectivity index (χ1n) is 6.33. The van der Waals surface area contributed by atoms with Gasteiger partial charge in [0.05, 0.1) is 22.9 Å². The van der Waals surface area contributed by atoms with E-state index < -0.39 is 0 Å². The summed E-state index contributed by atoms with van der Waals surface area (Å²) in [6, 6.07) is 0. The molecule has 0 aromatic rings. The van der Waals surface area contributed by atoms with Gasteiger partial charge >= 0.3 is 0 Å². The highest BCUT2D eigenvalue weighted by Crippen LogP contribution is 2.41. The molecular weight excluding hydrogens is 220 g/mol. The Labute approximate surface area is 104 Å². The molecule has 3 unspecified atom stereocenters. The van der Waals surface area contributed by atoms with Crippen molar-refractivity contribution in [2.45, 2.75) is 70.4 Å². The molecule has 0 aromatic heterocycles. The van der Waals surface area contributed by atoms with Gasteiger partial charge in [0.1, 0.15) is 13.6 Å². The van der Waals surface area contributed by atoms with Gasteiger partial charge in [-0.25, -0.2) is 0 Å². The minimum atomic E-state index is -0.248. The standard InChI is InChI=1S/C13H24O4/c1-10-12(4,16-8-14-10)6-7-13(5)11(2,3)15-9-17-13/h10H,6-9H2,1-5H3. The quantitative estimate of drug-likeness (QED) is 0.764. The van der Waals surface area contributed by atoms with Crippen LogP contribution in [0.25, 0.3) is 0 Å². The maximum atomic E-state index is 5.78. The summed E-state index contributed by atoms with van der Waals surface area (Å²) >= 11 is 0. The van der Waals surface area contributed by atoms with Gasteiger partial charge < -0.3 is 18.9 Å². The maximum Gasteiger partial charge on any atom is 0.148 e. The van der Waals surface area contributed by atoms with Gasteiger partial charge in [-0.05, 0) is 47.5 Å². The monoisotopic (exact) mass is 244 g/mol. The van der Waals surface area contributed by atoms with E-state index in [0.29, 0.717) is 13.6 Å². The molecule has 0 saturated carbocycles. The Morgan fingerprint density at radius 1 is 0.941 bits per heavy atom. The van der Waals surface area contributed by atoms with Crippen LogP contribution in [0.4, 0.5) is 0 Å². The van der Waals surface area contributed by atoms with Gasteiger partial charge in [-0.1, -0.05) is 0 Å². The van der Waals surface area contributed by atoms with Gasteiger partial charge in [0.15, 0.2) is 0 Å². The van der Waals surface area contributed by atoms with E-state index in [2.05, 4.69) is 34.6 Å². The molecule has 2 rings (SSSR count). The summed E-state index contributed by atoms with van der Waals surface area (Å²) in [5.41, 5.74) is -0.696. The lowest BCUT2D eigenvalue weighted by Crippen LogP contribution is -2.47. The van der Waals surface area contributed by atoms with E-state index in [4.69, 9.17) is 18.9 Å². The van der Waals surface area contributed by atoms with Crippen LogP contribution in [0.5, 0.6) is 0 Å². The average molecular weight is 244 g/mol. The van der Waals surface area contributed by atoms with Gasteiger partial charge in [0, 0.05) is 0 Å². The molecule has 0 bridgehead atoms. The van der Waals surface area contributed by atoms with E-state index >= 15 is 0 Å². The van der Waals surface area contributed by atoms with Crippen LogP contribution in [-0.2, 0) is 18.9 Å². The molecule has 2 fully saturated rings. The lowest BCUT2D eigenvalue weighted by molar-refractivity contribution is -0.0533. The predicted octanol–water partition coefficient (Wildman–Crippen LogP) is 2.46. The number of ether oxygens (including phenoxy) is 4. The van der Waals surface area contributed by atoms with E-state index in [-0.39, 0.29) is 22.9 Å². The highest BCUT2D eigenvalue weighted by Gasteiger charge is 2.50. The van der Waals surface area contributed by atoms with E-state index in [0.717, 1.165) is 12.8 Å². The molecule has 2 heterocycles. The number of hydrogen-bond acceptors (Lipinski definition) is 4. The topological polar surface area (TPSA) is 36.9 Å². The Kier molecular flexibility index (Phi) is 3.28. The van der Waals surface area contributed by atoms with Crippen molar-refractivity contribution in [1.82, 2.24) is 0 Å². The zero-order chi connectivity index (χ0) is 12.7. The average Bonchev–Trinajstić information content (AvgIpc) is 2.69. The highest BCUT2D eigenvalue weighted by atomic mass is 16.7. The Hall–Kier alpha value is -0.160. The van der Waals surface area contributed by atoms with Crippen LogP contribution in [-0.4, -0.2) is 36.5 Å². The van der Waals surface area contributed by atoms with E-state index in [1.165, 1.54) is 0 Å². The first kappa shape index (κ1) is 13.3. The second-order valence-corrected chi connectivity index (χ2v) is 6.03. The van der Waals surface area contributed by atoms with Gasteiger partial charge in [0.25, 0.3) is 0 Å². The summed E-state index contributed by atoms with van der Waals surface area (Å²) in [5, 5.41) is 0. The summed E-state index contributed by atoms with van der Waals surface area (Å²) < 4.78 is 22.6. The third-order valence-corrected chi connectivity index (χ3v) is 4.74. The molecule has 0 radical (unpaired) electrons. The molecule has 4 heteroatoms. The lowest BCUT2D eigenvalue weighted by Gasteiger charge is -2.37. The molecule has 17 heavy (non-hydrogen) atoms. The molecular formula is C13H24O4. The first-order chi connectivity index (χ1) is 7.79. The second-order valence-electron chi connectivity index (χ2n) is 6.03. The first-order valence-corrected chi connectivity index (χ1v) is 6.33. The van der Waals surface area contributed by atoms with Crippen molar-refractivity contribution in [2.75, 3.05) is 13.6 Å². The zero-order valence-electron chi connectivity index (χ0n) is 11.5.